The first-order valence-corrected chi connectivity index (χ1v) is 11.5. The summed E-state index contributed by atoms with van der Waals surface area (Å²) in [4.78, 5) is 6.71. The second-order valence-electron chi connectivity index (χ2n) is 7.20. The summed E-state index contributed by atoms with van der Waals surface area (Å²) in [5.74, 6) is 0.285. The third kappa shape index (κ3) is 6.55. The van der Waals surface area contributed by atoms with Crippen LogP contribution in [0.5, 0.6) is 0 Å². The van der Waals surface area contributed by atoms with Crippen LogP contribution < -0.4 is 4.72 Å². The average molecular weight is 434 g/mol. The molecule has 3 aromatic rings. The van der Waals surface area contributed by atoms with E-state index < -0.39 is 10.0 Å². The first kappa shape index (κ1) is 22.3. The first-order chi connectivity index (χ1) is 15.0. The van der Waals surface area contributed by atoms with Crippen molar-refractivity contribution in [2.24, 2.45) is 4.99 Å². The summed E-state index contributed by atoms with van der Waals surface area (Å²) >= 11 is 0. The Hall–Kier alpha value is -3.38. The first-order valence-electron chi connectivity index (χ1n) is 10.1. The minimum Gasteiger partial charge on any atom is -0.334 e. The highest BCUT2D eigenvalue weighted by Crippen LogP contribution is 2.12. The Balaban J connectivity index is 1.93. The molecule has 0 spiro atoms. The lowest BCUT2D eigenvalue weighted by Gasteiger charge is -2.26. The lowest BCUT2D eigenvalue weighted by atomic mass is 10.2. The van der Waals surface area contributed by atoms with Gasteiger partial charge in [0, 0.05) is 13.1 Å². The van der Waals surface area contributed by atoms with Crippen molar-refractivity contribution in [1.82, 2.24) is 9.62 Å². The maximum atomic E-state index is 13.1. The molecule has 0 fully saturated rings. The van der Waals surface area contributed by atoms with Crippen molar-refractivity contribution in [3.8, 4) is 0 Å². The lowest BCUT2D eigenvalue weighted by Crippen LogP contribution is -2.44. The predicted octanol–water partition coefficient (Wildman–Crippen LogP) is 4.52. The SMILES string of the molecule is C=CCN(Cc1ccccc1)C(=NCc1ccccc1)NS(=O)(=O)c1ccc(C)cc1. The second kappa shape index (κ2) is 10.6. The monoisotopic (exact) mass is 433 g/mol. The molecule has 0 bridgehead atoms. The number of rotatable bonds is 8. The Bertz CT molecular complexity index is 1110. The number of hydrogen-bond acceptors (Lipinski definition) is 3. The molecule has 0 unspecified atom stereocenters. The highest BCUT2D eigenvalue weighted by molar-refractivity contribution is 7.90. The molecule has 0 saturated heterocycles. The third-order valence-corrected chi connectivity index (χ3v) is 6.02. The molecule has 3 rings (SSSR count). The molecule has 5 nitrogen and oxygen atoms in total. The smallest absolute Gasteiger partial charge is 0.264 e. The third-order valence-electron chi connectivity index (χ3n) is 4.68. The number of guanidine groups is 1. The van der Waals surface area contributed by atoms with Crippen LogP contribution in [0.15, 0.2) is 107 Å². The summed E-state index contributed by atoms with van der Waals surface area (Å²) in [5, 5.41) is 0. The summed E-state index contributed by atoms with van der Waals surface area (Å²) in [5.41, 5.74) is 3.04. The highest BCUT2D eigenvalue weighted by atomic mass is 32.2. The van der Waals surface area contributed by atoms with E-state index in [0.29, 0.717) is 19.6 Å². The van der Waals surface area contributed by atoms with Crippen LogP contribution in [-0.4, -0.2) is 25.8 Å². The van der Waals surface area contributed by atoms with Gasteiger partial charge < -0.3 is 4.90 Å². The van der Waals surface area contributed by atoms with Gasteiger partial charge in [-0.2, -0.15) is 0 Å². The zero-order valence-electron chi connectivity index (χ0n) is 17.6. The summed E-state index contributed by atoms with van der Waals surface area (Å²) in [6.07, 6.45) is 1.74. The van der Waals surface area contributed by atoms with E-state index in [1.54, 1.807) is 30.3 Å². The number of sulfonamides is 1. The number of aryl methyl sites for hydroxylation is 1. The van der Waals surface area contributed by atoms with Gasteiger partial charge >= 0.3 is 0 Å². The molecular formula is C25H27N3O2S. The fourth-order valence-electron chi connectivity index (χ4n) is 3.03. The Kier molecular flexibility index (Phi) is 7.62. The minimum absolute atomic E-state index is 0.198. The largest absolute Gasteiger partial charge is 0.334 e. The molecule has 0 atom stereocenters. The van der Waals surface area contributed by atoms with Crippen molar-refractivity contribution in [3.63, 3.8) is 0 Å². The minimum atomic E-state index is -3.79. The van der Waals surface area contributed by atoms with Gasteiger partial charge in [-0.05, 0) is 30.2 Å². The van der Waals surface area contributed by atoms with Crippen molar-refractivity contribution < 1.29 is 8.42 Å². The Morgan fingerprint density at radius 1 is 0.935 bits per heavy atom. The van der Waals surface area contributed by atoms with Gasteiger partial charge in [0.15, 0.2) is 0 Å². The summed E-state index contributed by atoms with van der Waals surface area (Å²) in [7, 11) is -3.79. The molecule has 0 aromatic heterocycles. The van der Waals surface area contributed by atoms with Crippen molar-refractivity contribution in [3.05, 3.63) is 114 Å². The van der Waals surface area contributed by atoms with E-state index >= 15 is 0 Å². The molecule has 0 radical (unpaired) electrons. The van der Waals surface area contributed by atoms with E-state index in [-0.39, 0.29) is 10.9 Å². The van der Waals surface area contributed by atoms with Gasteiger partial charge in [0.2, 0.25) is 5.96 Å². The maximum absolute atomic E-state index is 13.1. The van der Waals surface area contributed by atoms with E-state index in [4.69, 9.17) is 0 Å². The van der Waals surface area contributed by atoms with E-state index in [2.05, 4.69) is 16.3 Å². The van der Waals surface area contributed by atoms with Gasteiger partial charge in [0.25, 0.3) is 10.0 Å². The highest BCUT2D eigenvalue weighted by Gasteiger charge is 2.20. The number of benzene rings is 3. The van der Waals surface area contributed by atoms with Crippen molar-refractivity contribution in [2.45, 2.75) is 24.9 Å². The molecule has 0 amide bonds. The van der Waals surface area contributed by atoms with Crippen molar-refractivity contribution in [2.75, 3.05) is 6.54 Å². The van der Waals surface area contributed by atoms with E-state index in [9.17, 15) is 8.42 Å². The molecule has 0 aliphatic rings. The lowest BCUT2D eigenvalue weighted by molar-refractivity contribution is 0.443. The van der Waals surface area contributed by atoms with Crippen molar-refractivity contribution in [1.29, 1.82) is 0 Å². The summed E-state index contributed by atoms with van der Waals surface area (Å²) < 4.78 is 28.9. The second-order valence-corrected chi connectivity index (χ2v) is 8.88. The van der Waals surface area contributed by atoms with Gasteiger partial charge in [0.1, 0.15) is 0 Å². The van der Waals surface area contributed by atoms with Gasteiger partial charge in [-0.25, -0.2) is 18.1 Å². The predicted molar refractivity (Wildman–Crippen MR) is 126 cm³/mol. The number of aliphatic imine (C=N–C) groups is 1. The maximum Gasteiger partial charge on any atom is 0.264 e. The van der Waals surface area contributed by atoms with Gasteiger partial charge in [-0.3, -0.25) is 0 Å². The Morgan fingerprint density at radius 3 is 2.10 bits per heavy atom. The van der Waals surface area contributed by atoms with E-state index in [1.165, 1.54) is 0 Å². The number of hydrogen-bond donors (Lipinski definition) is 1. The van der Waals surface area contributed by atoms with Gasteiger partial charge in [-0.1, -0.05) is 84.4 Å². The standard InChI is InChI=1S/C25H27N3O2S/c1-3-18-28(20-23-12-8-5-9-13-23)25(26-19-22-10-6-4-7-11-22)27-31(29,30)24-16-14-21(2)15-17-24/h3-17H,1,18-20H2,2H3,(H,26,27). The zero-order valence-corrected chi connectivity index (χ0v) is 18.4. The quantitative estimate of drug-likeness (QED) is 0.323. The summed E-state index contributed by atoms with van der Waals surface area (Å²) in [6, 6.07) is 26.4. The van der Waals surface area contributed by atoms with Gasteiger partial charge in [0.05, 0.1) is 11.4 Å². The van der Waals surface area contributed by atoms with Crippen LogP contribution in [0.1, 0.15) is 16.7 Å². The fraction of sp³-hybridized carbons (Fsp3) is 0.160. The normalized spacial score (nSPS) is 11.7. The van der Waals surface area contributed by atoms with E-state index in [0.717, 1.165) is 16.7 Å². The molecule has 0 aliphatic carbocycles. The Morgan fingerprint density at radius 2 is 1.52 bits per heavy atom. The van der Waals surface area contributed by atoms with Crippen LogP contribution in [-0.2, 0) is 23.1 Å². The Labute approximate surface area is 184 Å². The van der Waals surface area contributed by atoms with Crippen LogP contribution in [0.3, 0.4) is 0 Å². The van der Waals surface area contributed by atoms with E-state index in [1.807, 2.05) is 72.5 Å². The molecule has 0 aliphatic heterocycles. The summed E-state index contributed by atoms with van der Waals surface area (Å²) in [6.45, 7) is 7.05. The van der Waals surface area contributed by atoms with Crippen LogP contribution in [0.4, 0.5) is 0 Å². The average Bonchev–Trinajstić information content (AvgIpc) is 2.78. The molecule has 6 heteroatoms. The van der Waals surface area contributed by atoms with Crippen LogP contribution in [0.25, 0.3) is 0 Å². The molecule has 0 saturated carbocycles. The molecular weight excluding hydrogens is 406 g/mol. The topological polar surface area (TPSA) is 61.8 Å². The van der Waals surface area contributed by atoms with Crippen LogP contribution >= 0.6 is 0 Å². The molecule has 3 aromatic carbocycles. The van der Waals surface area contributed by atoms with Crippen molar-refractivity contribution >= 4 is 16.0 Å². The van der Waals surface area contributed by atoms with Gasteiger partial charge in [-0.15, -0.1) is 6.58 Å². The number of nitrogens with one attached hydrogen (secondary N) is 1. The molecule has 0 heterocycles. The van der Waals surface area contributed by atoms with Crippen LogP contribution in [0.2, 0.25) is 0 Å². The zero-order chi connectivity index (χ0) is 22.1. The number of nitrogens with zero attached hydrogens (tertiary/aromatic N) is 2. The molecule has 1 N–H and O–H groups in total. The van der Waals surface area contributed by atoms with Crippen LogP contribution in [0, 0.1) is 6.92 Å². The fourth-order valence-corrected chi connectivity index (χ4v) is 4.07. The molecule has 160 valence electrons. The molecule has 31 heavy (non-hydrogen) atoms.